The highest BCUT2D eigenvalue weighted by atomic mass is 28.3. The predicted octanol–water partition coefficient (Wildman–Crippen LogP) is 6.89. The first kappa shape index (κ1) is 22.2. The van der Waals surface area contributed by atoms with E-state index in [0.29, 0.717) is 5.41 Å². The average molecular weight is 389 g/mol. The smallest absolute Gasteiger partial charge is 0.123 e. The summed E-state index contributed by atoms with van der Waals surface area (Å²) >= 11 is 0. The minimum Gasteiger partial charge on any atom is -0.474 e. The molecule has 1 atom stereocenters. The van der Waals surface area contributed by atoms with Gasteiger partial charge in [-0.05, 0) is 70.3 Å². The van der Waals surface area contributed by atoms with Crippen molar-refractivity contribution < 1.29 is 9.52 Å². The summed E-state index contributed by atoms with van der Waals surface area (Å²) in [4.78, 5) is 0. The molecule has 0 saturated carbocycles. The van der Waals surface area contributed by atoms with Crippen molar-refractivity contribution in [3.05, 3.63) is 40.7 Å². The van der Waals surface area contributed by atoms with Crippen molar-refractivity contribution in [2.24, 2.45) is 5.41 Å². The molecule has 0 fully saturated rings. The van der Waals surface area contributed by atoms with E-state index < -0.39 is 14.2 Å². The lowest BCUT2D eigenvalue weighted by atomic mass is 9.71. The number of hydrogen-bond acceptors (Lipinski definition) is 2. The van der Waals surface area contributed by atoms with Crippen LogP contribution in [0.15, 0.2) is 39.5 Å². The molecule has 0 aliphatic heterocycles. The number of furan rings is 1. The van der Waals surface area contributed by atoms with Gasteiger partial charge in [-0.25, -0.2) is 0 Å². The maximum Gasteiger partial charge on any atom is 0.123 e. The summed E-state index contributed by atoms with van der Waals surface area (Å²) in [7, 11) is -1.45. The van der Waals surface area contributed by atoms with Crippen LogP contribution in [0.25, 0.3) is 0 Å². The monoisotopic (exact) mass is 388 g/mol. The lowest BCUT2D eigenvalue weighted by Crippen LogP contribution is -2.36. The summed E-state index contributed by atoms with van der Waals surface area (Å²) < 4.78 is 5.69. The number of hydrogen-bond donors (Lipinski definition) is 1. The standard InChI is InChI=1S/C24H40O2Si/c1-18(13-14-21-19(2)11-9-15-24(21,3)4)10-8-12-22(25)20-16-23(26-17-20)27(5,6)7/h10,16-17,22,25H,8-9,11-15H2,1-7H3/b18-10+. The fraction of sp³-hybridized carbons (Fsp3) is 0.667. The molecule has 1 aliphatic carbocycles. The zero-order valence-corrected chi connectivity index (χ0v) is 19.6. The highest BCUT2D eigenvalue weighted by Crippen LogP contribution is 2.42. The average Bonchev–Trinajstić information content (AvgIpc) is 3.04. The van der Waals surface area contributed by atoms with E-state index in [9.17, 15) is 5.11 Å². The van der Waals surface area contributed by atoms with Gasteiger partial charge in [-0.15, -0.1) is 0 Å². The molecule has 1 aromatic heterocycles. The van der Waals surface area contributed by atoms with Gasteiger partial charge in [0.2, 0.25) is 0 Å². The molecule has 0 spiro atoms. The Labute approximate surface area is 167 Å². The van der Waals surface area contributed by atoms with Crippen LogP contribution in [0.2, 0.25) is 19.6 Å². The van der Waals surface area contributed by atoms with Crippen LogP contribution in [0.5, 0.6) is 0 Å². The van der Waals surface area contributed by atoms with Gasteiger partial charge in [0, 0.05) is 5.56 Å². The summed E-state index contributed by atoms with van der Waals surface area (Å²) in [6.45, 7) is 16.2. The van der Waals surface area contributed by atoms with Crippen LogP contribution >= 0.6 is 0 Å². The highest BCUT2D eigenvalue weighted by Gasteiger charge is 2.27. The van der Waals surface area contributed by atoms with E-state index in [4.69, 9.17) is 4.42 Å². The molecule has 2 nitrogen and oxygen atoms in total. The molecule has 1 unspecified atom stereocenters. The third-order valence-electron chi connectivity index (χ3n) is 6.13. The van der Waals surface area contributed by atoms with Gasteiger partial charge in [0.15, 0.2) is 0 Å². The van der Waals surface area contributed by atoms with Crippen molar-refractivity contribution in [3.63, 3.8) is 0 Å². The molecule has 152 valence electrons. The van der Waals surface area contributed by atoms with Crippen molar-refractivity contribution in [3.8, 4) is 0 Å². The molecule has 0 aromatic carbocycles. The SMILES string of the molecule is CC1=C(CC/C(C)=C/CCC(O)c2coc([Si](C)(C)C)c2)C(C)(C)CCC1. The van der Waals surface area contributed by atoms with Gasteiger partial charge in [-0.2, -0.15) is 0 Å². The van der Waals surface area contributed by atoms with Crippen molar-refractivity contribution in [2.45, 2.75) is 98.4 Å². The zero-order chi connectivity index (χ0) is 20.2. The Morgan fingerprint density at radius 1 is 1.33 bits per heavy atom. The second-order valence-electron chi connectivity index (χ2n) is 10.1. The van der Waals surface area contributed by atoms with Gasteiger partial charge in [0.05, 0.1) is 17.8 Å². The van der Waals surface area contributed by atoms with E-state index in [2.05, 4.69) is 59.5 Å². The van der Waals surface area contributed by atoms with Crippen LogP contribution in [0.4, 0.5) is 0 Å². The molecule has 1 N–H and O–H groups in total. The first-order chi connectivity index (χ1) is 12.5. The van der Waals surface area contributed by atoms with Crippen molar-refractivity contribution in [1.29, 1.82) is 0 Å². The third-order valence-corrected chi connectivity index (χ3v) is 7.87. The molecule has 1 aromatic rings. The minimum absolute atomic E-state index is 0.369. The van der Waals surface area contributed by atoms with Gasteiger partial charge in [-0.3, -0.25) is 0 Å². The van der Waals surface area contributed by atoms with Crippen molar-refractivity contribution in [2.75, 3.05) is 0 Å². The summed E-state index contributed by atoms with van der Waals surface area (Å²) in [5, 5.41) is 11.5. The summed E-state index contributed by atoms with van der Waals surface area (Å²) in [5.41, 5.74) is 6.04. The fourth-order valence-electron chi connectivity index (χ4n) is 4.22. The van der Waals surface area contributed by atoms with Gasteiger partial charge in [0.1, 0.15) is 8.07 Å². The normalized spacial score (nSPS) is 19.5. The Morgan fingerprint density at radius 2 is 2.04 bits per heavy atom. The number of aliphatic hydroxyl groups excluding tert-OH is 1. The number of aliphatic hydroxyl groups is 1. The van der Waals surface area contributed by atoms with Crippen LogP contribution in [-0.2, 0) is 0 Å². The molecule has 0 bridgehead atoms. The molecule has 27 heavy (non-hydrogen) atoms. The van der Waals surface area contributed by atoms with Crippen LogP contribution in [0, 0.1) is 5.41 Å². The lowest BCUT2D eigenvalue weighted by molar-refractivity contribution is 0.168. The zero-order valence-electron chi connectivity index (χ0n) is 18.6. The lowest BCUT2D eigenvalue weighted by Gasteiger charge is -2.35. The van der Waals surface area contributed by atoms with Crippen molar-refractivity contribution >= 4 is 13.5 Å². The summed E-state index contributed by atoms with van der Waals surface area (Å²) in [6, 6.07) is 2.06. The Kier molecular flexibility index (Phi) is 7.38. The van der Waals surface area contributed by atoms with E-state index in [-0.39, 0.29) is 0 Å². The van der Waals surface area contributed by atoms with Crippen LogP contribution in [0.3, 0.4) is 0 Å². The molecule has 2 rings (SSSR count). The minimum atomic E-state index is -1.45. The quantitative estimate of drug-likeness (QED) is 0.388. The van der Waals surface area contributed by atoms with Crippen molar-refractivity contribution in [1.82, 2.24) is 0 Å². The molecule has 0 radical (unpaired) electrons. The topological polar surface area (TPSA) is 33.4 Å². The Morgan fingerprint density at radius 3 is 2.63 bits per heavy atom. The fourth-order valence-corrected chi connectivity index (χ4v) is 5.24. The first-order valence-electron chi connectivity index (χ1n) is 10.6. The second kappa shape index (κ2) is 8.96. The Hall–Kier alpha value is -1.06. The first-order valence-corrected chi connectivity index (χ1v) is 14.1. The maximum absolute atomic E-state index is 10.5. The molecule has 1 heterocycles. The van der Waals surface area contributed by atoms with Gasteiger partial charge < -0.3 is 9.52 Å². The van der Waals surface area contributed by atoms with E-state index >= 15 is 0 Å². The molecule has 1 aliphatic rings. The summed E-state index contributed by atoms with van der Waals surface area (Å²) in [5.74, 6) is 0. The van der Waals surface area contributed by atoms with E-state index in [1.54, 1.807) is 17.4 Å². The number of allylic oxidation sites excluding steroid dienone is 4. The van der Waals surface area contributed by atoms with Gasteiger partial charge in [0.25, 0.3) is 0 Å². The van der Waals surface area contributed by atoms with E-state index in [1.807, 2.05) is 0 Å². The third kappa shape index (κ3) is 6.22. The number of rotatable bonds is 8. The maximum atomic E-state index is 10.5. The molecular weight excluding hydrogens is 348 g/mol. The Bertz CT molecular complexity index is 685. The molecule has 3 heteroatoms. The predicted molar refractivity (Wildman–Crippen MR) is 119 cm³/mol. The van der Waals surface area contributed by atoms with E-state index in [0.717, 1.165) is 30.2 Å². The van der Waals surface area contributed by atoms with Gasteiger partial charge in [-0.1, -0.05) is 56.3 Å². The van der Waals surface area contributed by atoms with Crippen LogP contribution < -0.4 is 5.38 Å². The van der Waals surface area contributed by atoms with E-state index in [1.165, 1.54) is 31.3 Å². The van der Waals surface area contributed by atoms with Gasteiger partial charge >= 0.3 is 0 Å². The largest absolute Gasteiger partial charge is 0.474 e. The summed E-state index contributed by atoms with van der Waals surface area (Å²) in [6.07, 6.45) is 11.6. The molecule has 0 amide bonds. The Balaban J connectivity index is 1.84. The van der Waals surface area contributed by atoms with Crippen LogP contribution in [0.1, 0.15) is 84.3 Å². The van der Waals surface area contributed by atoms with Crippen LogP contribution in [-0.4, -0.2) is 13.2 Å². The molecule has 0 saturated heterocycles. The highest BCUT2D eigenvalue weighted by molar-refractivity contribution is 6.87. The second-order valence-corrected chi connectivity index (χ2v) is 15.1. The molecular formula is C24H40O2Si.